The Labute approximate surface area is 157 Å². The summed E-state index contributed by atoms with van der Waals surface area (Å²) in [5.74, 6) is 2.47. The highest BCUT2D eigenvalue weighted by atomic mass is 16.5. The zero-order valence-corrected chi connectivity index (χ0v) is 15.4. The standard InChI is InChI=1S/C18H22N8O/c1-13-5-18(24-10-21-13)26-9-15(27-2)6-14(26)8-20-16-7-17(23-11-22-16)25-4-3-19-12-25/h3-5,7,10-12,14-15H,6,8-9H2,1-2H3,(H,20,22,23)/t14-,15-/m1/s1. The number of methoxy groups -OCH3 is 1. The van der Waals surface area contributed by atoms with Gasteiger partial charge < -0.3 is 15.0 Å². The van der Waals surface area contributed by atoms with Crippen LogP contribution in [0.15, 0.2) is 43.5 Å². The van der Waals surface area contributed by atoms with Gasteiger partial charge >= 0.3 is 0 Å². The molecule has 0 bridgehead atoms. The molecule has 0 radical (unpaired) electrons. The van der Waals surface area contributed by atoms with E-state index < -0.39 is 0 Å². The van der Waals surface area contributed by atoms with Crippen molar-refractivity contribution < 1.29 is 4.74 Å². The van der Waals surface area contributed by atoms with E-state index in [2.05, 4.69) is 35.1 Å². The van der Waals surface area contributed by atoms with Crippen LogP contribution in [-0.4, -0.2) is 61.8 Å². The van der Waals surface area contributed by atoms with Gasteiger partial charge in [0.25, 0.3) is 0 Å². The zero-order chi connectivity index (χ0) is 18.6. The summed E-state index contributed by atoms with van der Waals surface area (Å²) in [7, 11) is 1.76. The lowest BCUT2D eigenvalue weighted by atomic mass is 10.2. The van der Waals surface area contributed by atoms with Crippen molar-refractivity contribution in [3.05, 3.63) is 49.2 Å². The van der Waals surface area contributed by atoms with E-state index in [9.17, 15) is 0 Å². The van der Waals surface area contributed by atoms with Crippen LogP contribution >= 0.6 is 0 Å². The van der Waals surface area contributed by atoms with Gasteiger partial charge in [0.05, 0.1) is 12.1 Å². The van der Waals surface area contributed by atoms with Crippen LogP contribution < -0.4 is 10.2 Å². The Kier molecular flexibility index (Phi) is 4.93. The Morgan fingerprint density at radius 1 is 1.15 bits per heavy atom. The van der Waals surface area contributed by atoms with Crippen LogP contribution in [0.5, 0.6) is 0 Å². The van der Waals surface area contributed by atoms with Crippen molar-refractivity contribution in [2.24, 2.45) is 0 Å². The smallest absolute Gasteiger partial charge is 0.143 e. The molecule has 9 heteroatoms. The Hall–Kier alpha value is -3.07. The predicted molar refractivity (Wildman–Crippen MR) is 101 cm³/mol. The molecule has 0 saturated carbocycles. The second-order valence-electron chi connectivity index (χ2n) is 6.53. The van der Waals surface area contributed by atoms with Crippen LogP contribution in [0.25, 0.3) is 5.82 Å². The van der Waals surface area contributed by atoms with E-state index in [1.165, 1.54) is 0 Å². The van der Waals surface area contributed by atoms with E-state index in [0.717, 1.165) is 42.7 Å². The first-order chi connectivity index (χ1) is 13.2. The largest absolute Gasteiger partial charge is 0.380 e. The number of nitrogens with zero attached hydrogens (tertiary/aromatic N) is 7. The number of hydrogen-bond donors (Lipinski definition) is 1. The Bertz CT molecular complexity index is 885. The highest BCUT2D eigenvalue weighted by molar-refractivity contribution is 5.45. The van der Waals surface area contributed by atoms with Crippen molar-refractivity contribution in [3.8, 4) is 5.82 Å². The number of anilines is 2. The Morgan fingerprint density at radius 2 is 2.00 bits per heavy atom. The van der Waals surface area contributed by atoms with Gasteiger partial charge in [-0.05, 0) is 13.3 Å². The molecule has 0 amide bonds. The van der Waals surface area contributed by atoms with E-state index in [-0.39, 0.29) is 12.1 Å². The number of hydrogen-bond acceptors (Lipinski definition) is 8. The van der Waals surface area contributed by atoms with Crippen molar-refractivity contribution in [3.63, 3.8) is 0 Å². The van der Waals surface area contributed by atoms with Gasteiger partial charge in [-0.2, -0.15) is 0 Å². The zero-order valence-electron chi connectivity index (χ0n) is 15.4. The molecule has 1 fully saturated rings. The molecule has 0 spiro atoms. The second-order valence-corrected chi connectivity index (χ2v) is 6.53. The number of aromatic nitrogens is 6. The van der Waals surface area contributed by atoms with Gasteiger partial charge in [0.1, 0.15) is 36.4 Å². The lowest BCUT2D eigenvalue weighted by Crippen LogP contribution is -2.36. The van der Waals surface area contributed by atoms with Gasteiger partial charge in [0, 0.05) is 50.4 Å². The van der Waals surface area contributed by atoms with Crippen molar-refractivity contribution in [1.82, 2.24) is 29.5 Å². The SMILES string of the molecule is CO[C@@H]1C[C@H](CNc2cc(-n3ccnc3)ncn2)N(c2cc(C)ncn2)C1. The summed E-state index contributed by atoms with van der Waals surface area (Å²) < 4.78 is 7.44. The van der Waals surface area contributed by atoms with Crippen LogP contribution in [0.1, 0.15) is 12.1 Å². The molecule has 1 aliphatic heterocycles. The topological polar surface area (TPSA) is 93.9 Å². The maximum atomic E-state index is 5.59. The molecule has 0 aliphatic carbocycles. The second kappa shape index (κ2) is 7.67. The van der Waals surface area contributed by atoms with Crippen LogP contribution in [-0.2, 0) is 4.74 Å². The molecule has 4 rings (SSSR count). The van der Waals surface area contributed by atoms with Crippen LogP contribution in [0, 0.1) is 6.92 Å². The molecule has 9 nitrogen and oxygen atoms in total. The van der Waals surface area contributed by atoms with Crippen LogP contribution in [0.4, 0.5) is 11.6 Å². The molecule has 1 saturated heterocycles. The van der Waals surface area contributed by atoms with Crippen molar-refractivity contribution >= 4 is 11.6 Å². The molecule has 0 aromatic carbocycles. The minimum atomic E-state index is 0.180. The lowest BCUT2D eigenvalue weighted by Gasteiger charge is -2.25. The molecule has 4 heterocycles. The fourth-order valence-electron chi connectivity index (χ4n) is 3.32. The normalized spacial score (nSPS) is 19.4. The van der Waals surface area contributed by atoms with E-state index in [1.807, 2.05) is 29.8 Å². The Morgan fingerprint density at radius 3 is 2.78 bits per heavy atom. The minimum Gasteiger partial charge on any atom is -0.380 e. The van der Waals surface area contributed by atoms with Crippen LogP contribution in [0.2, 0.25) is 0 Å². The van der Waals surface area contributed by atoms with Gasteiger partial charge in [-0.1, -0.05) is 0 Å². The molecular formula is C18H22N8O. The number of imidazole rings is 1. The van der Waals surface area contributed by atoms with Gasteiger partial charge in [0.15, 0.2) is 0 Å². The van der Waals surface area contributed by atoms with Crippen molar-refractivity contribution in [2.45, 2.75) is 25.5 Å². The van der Waals surface area contributed by atoms with Gasteiger partial charge in [-0.15, -0.1) is 0 Å². The summed E-state index contributed by atoms with van der Waals surface area (Å²) in [6, 6.07) is 4.16. The quantitative estimate of drug-likeness (QED) is 0.701. The lowest BCUT2D eigenvalue weighted by molar-refractivity contribution is 0.118. The minimum absolute atomic E-state index is 0.180. The first kappa shape index (κ1) is 17.3. The summed E-state index contributed by atoms with van der Waals surface area (Å²) in [5, 5.41) is 3.42. The third-order valence-electron chi connectivity index (χ3n) is 4.73. The summed E-state index contributed by atoms with van der Waals surface area (Å²) in [5.41, 5.74) is 0.952. The number of aryl methyl sites for hydroxylation is 1. The average Bonchev–Trinajstić information content (AvgIpc) is 3.36. The monoisotopic (exact) mass is 366 g/mol. The molecule has 140 valence electrons. The van der Waals surface area contributed by atoms with Crippen LogP contribution in [0.3, 0.4) is 0 Å². The van der Waals surface area contributed by atoms with Gasteiger partial charge in [0.2, 0.25) is 0 Å². The summed E-state index contributed by atoms with van der Waals surface area (Å²) in [4.78, 5) is 23.6. The summed E-state index contributed by atoms with van der Waals surface area (Å²) >= 11 is 0. The first-order valence-electron chi connectivity index (χ1n) is 8.85. The molecule has 1 N–H and O–H groups in total. The molecular weight excluding hydrogens is 344 g/mol. The predicted octanol–water partition coefficient (Wildman–Crippen LogP) is 1.47. The molecule has 0 unspecified atom stereocenters. The third kappa shape index (κ3) is 3.87. The summed E-state index contributed by atoms with van der Waals surface area (Å²) in [6.07, 6.45) is 9.55. The maximum Gasteiger partial charge on any atom is 0.143 e. The highest BCUT2D eigenvalue weighted by Gasteiger charge is 2.33. The molecule has 3 aromatic heterocycles. The fourth-order valence-corrected chi connectivity index (χ4v) is 3.32. The molecule has 1 aliphatic rings. The highest BCUT2D eigenvalue weighted by Crippen LogP contribution is 2.26. The average molecular weight is 366 g/mol. The van der Waals surface area contributed by atoms with E-state index >= 15 is 0 Å². The summed E-state index contributed by atoms with van der Waals surface area (Å²) in [6.45, 7) is 3.51. The first-order valence-corrected chi connectivity index (χ1v) is 8.85. The van der Waals surface area contributed by atoms with Gasteiger partial charge in [-0.25, -0.2) is 24.9 Å². The third-order valence-corrected chi connectivity index (χ3v) is 4.73. The molecule has 27 heavy (non-hydrogen) atoms. The fraction of sp³-hybridized carbons (Fsp3) is 0.389. The van der Waals surface area contributed by atoms with Crippen molar-refractivity contribution in [1.29, 1.82) is 0 Å². The molecule has 2 atom stereocenters. The molecule has 3 aromatic rings. The van der Waals surface area contributed by atoms with E-state index in [1.54, 1.807) is 32.3 Å². The maximum absolute atomic E-state index is 5.59. The van der Waals surface area contributed by atoms with Gasteiger partial charge in [-0.3, -0.25) is 4.57 Å². The Balaban J connectivity index is 1.48. The number of ether oxygens (including phenoxy) is 1. The van der Waals surface area contributed by atoms with Crippen molar-refractivity contribution in [2.75, 3.05) is 30.4 Å². The van der Waals surface area contributed by atoms with E-state index in [4.69, 9.17) is 4.74 Å². The number of nitrogens with one attached hydrogen (secondary N) is 1. The number of rotatable bonds is 6. The van der Waals surface area contributed by atoms with E-state index in [0.29, 0.717) is 0 Å².